The summed E-state index contributed by atoms with van der Waals surface area (Å²) in [6, 6.07) is 41.1. The number of halogens is 1. The highest BCUT2D eigenvalue weighted by atomic mass is 35.5. The minimum atomic E-state index is -1.07. The molecule has 0 fully saturated rings. The highest BCUT2D eigenvalue weighted by Crippen LogP contribution is 2.31. The zero-order chi connectivity index (χ0) is 58.3. The summed E-state index contributed by atoms with van der Waals surface area (Å²) in [5.74, 6) is -0.966. The van der Waals surface area contributed by atoms with E-state index in [2.05, 4.69) is 51.5 Å². The van der Waals surface area contributed by atoms with Crippen LogP contribution in [0.1, 0.15) is 69.5 Å². The first kappa shape index (κ1) is 55.0. The first-order valence-electron chi connectivity index (χ1n) is 25.2. The first-order valence-corrected chi connectivity index (χ1v) is 25.6. The number of oxazole rings is 3. The second-order valence-electron chi connectivity index (χ2n) is 18.1. The second kappa shape index (κ2) is 24.0. The van der Waals surface area contributed by atoms with Gasteiger partial charge in [-0.05, 0) is 146 Å². The van der Waals surface area contributed by atoms with Gasteiger partial charge in [-0.15, -0.1) is 0 Å². The number of nitrogens with one attached hydrogen (secondary N) is 4. The Morgan fingerprint density at radius 3 is 1.08 bits per heavy atom. The van der Waals surface area contributed by atoms with Gasteiger partial charge in [-0.3, -0.25) is 38.0 Å². The Labute approximate surface area is 474 Å². The van der Waals surface area contributed by atoms with Gasteiger partial charge < -0.3 is 39.6 Å². The van der Waals surface area contributed by atoms with Crippen LogP contribution in [0.4, 0.5) is 17.1 Å². The van der Waals surface area contributed by atoms with E-state index in [4.69, 9.17) is 24.9 Å². The lowest BCUT2D eigenvalue weighted by Gasteiger charge is -2.05. The lowest BCUT2D eigenvalue weighted by atomic mass is 10.2. The summed E-state index contributed by atoms with van der Waals surface area (Å²) in [6.45, 7) is 2.39. The molecule has 12 aromatic rings. The molecule has 0 aliphatic rings. The van der Waals surface area contributed by atoms with E-state index in [1.54, 1.807) is 179 Å². The number of carbonyl (C=O) groups excluding carboxylic acids is 5. The molecule has 0 saturated carbocycles. The SMILES string of the molecule is CCNC(=O)c1cccc2nc(-c3ccc(NC(=O)c4ccnn4C)cc3)oc12.Cn1nccc1C(=O)Nc1ccc(-c2nc3cccc(C(=O)Cl)c3o2)cc1.Cn1nccc1C(=O)Nc1ccc(-c2nc3cccc(C(=O)O)c3o2)cc1. The van der Waals surface area contributed by atoms with Crippen LogP contribution < -0.4 is 21.3 Å². The molecule has 0 bridgehead atoms. The van der Waals surface area contributed by atoms with Crippen molar-refractivity contribution in [2.24, 2.45) is 21.1 Å². The molecule has 4 amide bonds. The van der Waals surface area contributed by atoms with Crippen LogP contribution in [0.15, 0.2) is 177 Å². The molecule has 0 spiro atoms. The predicted molar refractivity (Wildman–Crippen MR) is 307 cm³/mol. The van der Waals surface area contributed by atoms with E-state index in [-0.39, 0.29) is 40.3 Å². The maximum atomic E-state index is 12.3. The van der Waals surface area contributed by atoms with Crippen molar-refractivity contribution in [3.63, 3.8) is 0 Å². The van der Waals surface area contributed by atoms with Crippen molar-refractivity contribution in [1.82, 2.24) is 49.6 Å². The third-order valence-corrected chi connectivity index (χ3v) is 12.8. The second-order valence-corrected chi connectivity index (χ2v) is 18.4. The van der Waals surface area contributed by atoms with Gasteiger partial charge >= 0.3 is 5.97 Å². The van der Waals surface area contributed by atoms with Crippen molar-refractivity contribution in [3.8, 4) is 34.4 Å². The highest BCUT2D eigenvalue weighted by Gasteiger charge is 2.20. The highest BCUT2D eigenvalue weighted by molar-refractivity contribution is 6.68. The molecule has 0 unspecified atom stereocenters. The number of amides is 4. The van der Waals surface area contributed by atoms with Crippen LogP contribution in [0.2, 0.25) is 0 Å². The summed E-state index contributed by atoms with van der Waals surface area (Å²) in [7, 11) is 5.10. The number of carboxylic acids is 1. The molecule has 0 saturated heterocycles. The molecule has 5 N–H and O–H groups in total. The van der Waals surface area contributed by atoms with Crippen molar-refractivity contribution in [2.75, 3.05) is 22.5 Å². The minimum absolute atomic E-state index is 0.0614. The van der Waals surface area contributed by atoms with E-state index in [0.717, 1.165) is 5.56 Å². The fraction of sp³-hybridized carbons (Fsp3) is 0.0847. The van der Waals surface area contributed by atoms with Crippen LogP contribution in [0, 0.1) is 0 Å². The number of carboxylic acid groups (broad SMARTS) is 1. The number of fused-ring (bicyclic) bond motifs is 3. The van der Waals surface area contributed by atoms with E-state index in [1.165, 1.54) is 20.1 Å². The normalized spacial score (nSPS) is 10.9. The molecule has 24 heteroatoms. The van der Waals surface area contributed by atoms with Crippen molar-refractivity contribution in [3.05, 3.63) is 198 Å². The number of carbonyl (C=O) groups is 6. The Morgan fingerprint density at radius 1 is 0.446 bits per heavy atom. The summed E-state index contributed by atoms with van der Waals surface area (Å²) in [5.41, 5.74) is 8.77. The van der Waals surface area contributed by atoms with Gasteiger partial charge in [0.1, 0.15) is 39.2 Å². The number of aryl methyl sites for hydroxylation is 3. The number of anilines is 3. The van der Waals surface area contributed by atoms with Crippen molar-refractivity contribution in [2.45, 2.75) is 6.92 Å². The number of benzene rings is 6. The first-order chi connectivity index (χ1) is 40.1. The Hall–Kier alpha value is -11.3. The molecule has 0 aliphatic heterocycles. The summed E-state index contributed by atoms with van der Waals surface area (Å²) in [4.78, 5) is 85.0. The molecule has 6 aromatic heterocycles. The number of hydrogen-bond donors (Lipinski definition) is 5. The minimum Gasteiger partial charge on any atom is -0.478 e. The molecule has 23 nitrogen and oxygen atoms in total. The van der Waals surface area contributed by atoms with Gasteiger partial charge in [-0.1, -0.05) is 18.2 Å². The Balaban J connectivity index is 0.000000139. The van der Waals surface area contributed by atoms with Crippen molar-refractivity contribution >= 4 is 96.8 Å². The van der Waals surface area contributed by atoms with Crippen molar-refractivity contribution in [1.29, 1.82) is 0 Å². The summed E-state index contributed by atoms with van der Waals surface area (Å²) in [6.07, 6.45) is 4.68. The Bertz CT molecular complexity index is 4220. The number of aromatic carboxylic acids is 1. The molecule has 83 heavy (non-hydrogen) atoms. The van der Waals surface area contributed by atoms with Crippen LogP contribution in [0.25, 0.3) is 67.7 Å². The van der Waals surface area contributed by atoms with Gasteiger partial charge in [-0.2, -0.15) is 15.3 Å². The maximum Gasteiger partial charge on any atom is 0.339 e. The zero-order valence-electron chi connectivity index (χ0n) is 44.3. The Morgan fingerprint density at radius 2 is 0.771 bits per heavy atom. The fourth-order valence-corrected chi connectivity index (χ4v) is 8.59. The smallest absolute Gasteiger partial charge is 0.339 e. The topological polar surface area (TPSA) is 302 Å². The van der Waals surface area contributed by atoms with Crippen LogP contribution in [0.3, 0.4) is 0 Å². The van der Waals surface area contributed by atoms with Crippen LogP contribution >= 0.6 is 11.6 Å². The van der Waals surface area contributed by atoms with E-state index >= 15 is 0 Å². The van der Waals surface area contributed by atoms with Gasteiger partial charge in [0.25, 0.3) is 28.9 Å². The average Bonchev–Trinajstić information content (AvgIpc) is 4.28. The number of nitrogens with zero attached hydrogens (tertiary/aromatic N) is 9. The third-order valence-electron chi connectivity index (χ3n) is 12.6. The van der Waals surface area contributed by atoms with E-state index in [1.807, 2.05) is 6.92 Å². The number of para-hydroxylation sites is 3. The summed E-state index contributed by atoms with van der Waals surface area (Å²) < 4.78 is 21.7. The molecule has 0 radical (unpaired) electrons. The van der Waals surface area contributed by atoms with E-state index < -0.39 is 11.2 Å². The van der Waals surface area contributed by atoms with Crippen LogP contribution in [-0.2, 0) is 21.1 Å². The lowest BCUT2D eigenvalue weighted by Crippen LogP contribution is -2.22. The number of hydrogen-bond acceptors (Lipinski definition) is 15. The zero-order valence-corrected chi connectivity index (χ0v) is 45.1. The molecular weight excluding hydrogens is 1090 g/mol. The van der Waals surface area contributed by atoms with Gasteiger partial charge in [0.05, 0.1) is 11.1 Å². The van der Waals surface area contributed by atoms with Gasteiger partial charge in [-0.25, -0.2) is 19.7 Å². The lowest BCUT2D eigenvalue weighted by molar-refractivity contribution is 0.0696. The Kier molecular flexibility index (Phi) is 15.9. The van der Waals surface area contributed by atoms with Gasteiger partial charge in [0.15, 0.2) is 16.7 Å². The molecule has 414 valence electrons. The van der Waals surface area contributed by atoms with Crippen LogP contribution in [0.5, 0.6) is 0 Å². The maximum absolute atomic E-state index is 12.3. The van der Waals surface area contributed by atoms with Crippen molar-refractivity contribution < 1.29 is 47.1 Å². The van der Waals surface area contributed by atoms with E-state index in [9.17, 15) is 33.9 Å². The largest absolute Gasteiger partial charge is 0.478 e. The van der Waals surface area contributed by atoms with E-state index in [0.29, 0.717) is 103 Å². The molecule has 0 aliphatic carbocycles. The fourth-order valence-electron chi connectivity index (χ4n) is 8.44. The quantitative estimate of drug-likeness (QED) is 0.0670. The molecule has 6 heterocycles. The molecular formula is C59H46ClN13O10. The van der Waals surface area contributed by atoms with Crippen LogP contribution in [-0.4, -0.2) is 90.8 Å². The third kappa shape index (κ3) is 12.1. The summed E-state index contributed by atoms with van der Waals surface area (Å²) >= 11 is 5.59. The average molecular weight is 1130 g/mol. The summed E-state index contributed by atoms with van der Waals surface area (Å²) in [5, 5.41) is 31.8. The molecule has 0 atom stereocenters. The predicted octanol–water partition coefficient (Wildman–Crippen LogP) is 10.3. The monoisotopic (exact) mass is 1130 g/mol. The van der Waals surface area contributed by atoms with Gasteiger partial charge in [0.2, 0.25) is 17.7 Å². The standard InChI is InChI=1S/C21H19N5O3.C19H13ClN4O3.C19H14N4O4/c1-3-22-19(27)15-5-4-6-16-18(15)29-21(25-16)13-7-9-14(10-8-13)24-20(28)17-11-12-23-26(17)2;1-24-15(9-10-21-24)18(26)22-12-7-5-11(6-8-12)19-23-14-4-2-3-13(17(20)25)16(14)27-19;1-23-15(9-10-20-23)17(24)21-12-7-5-11(6-8-12)18-22-14-4-2-3-13(19(25)26)16(14)27-18/h4-12H,3H2,1-2H3,(H,22,27)(H,24,28);2-10H,1H3,(H,22,26);2-10H,1H3,(H,21,24)(H,25,26). The van der Waals surface area contributed by atoms with Gasteiger partial charge in [0, 0.05) is 80.0 Å². The molecule has 12 rings (SSSR count). The number of aromatic nitrogens is 9. The molecule has 6 aromatic carbocycles. The number of rotatable bonds is 13.